The van der Waals surface area contributed by atoms with Crippen molar-refractivity contribution in [2.24, 2.45) is 5.92 Å². The number of hydrogen-bond acceptors (Lipinski definition) is 2. The third-order valence-corrected chi connectivity index (χ3v) is 4.17. The second-order valence-corrected chi connectivity index (χ2v) is 6.48. The van der Waals surface area contributed by atoms with Gasteiger partial charge in [0.15, 0.2) is 0 Å². The van der Waals surface area contributed by atoms with Gasteiger partial charge in [0.2, 0.25) is 5.91 Å². The van der Waals surface area contributed by atoms with Crippen molar-refractivity contribution in [2.75, 3.05) is 6.54 Å². The molecule has 1 saturated carbocycles. The number of hydrogen-bond donors (Lipinski definition) is 2. The lowest BCUT2D eigenvalue weighted by atomic mass is 10.0. The lowest BCUT2D eigenvalue weighted by molar-refractivity contribution is -0.122. The smallest absolute Gasteiger partial charge is 0.234 e. The summed E-state index contributed by atoms with van der Waals surface area (Å²) in [5, 5.41) is 6.49. The maximum absolute atomic E-state index is 11.8. The highest BCUT2D eigenvalue weighted by Gasteiger charge is 2.19. The zero-order valence-electron chi connectivity index (χ0n) is 12.5. The van der Waals surface area contributed by atoms with Crippen molar-refractivity contribution >= 4 is 5.91 Å². The molecular formula is C15H30N2O. The average molecular weight is 254 g/mol. The summed E-state index contributed by atoms with van der Waals surface area (Å²) in [5.41, 5.74) is -0.0866. The Bertz CT molecular complexity index is 263. The average Bonchev–Trinajstić information content (AvgIpc) is 2.51. The second kappa shape index (κ2) is 7.13. The molecule has 0 spiro atoms. The number of carbonyl (C=O) groups is 1. The first-order valence-corrected chi connectivity index (χ1v) is 7.47. The fraction of sp³-hybridized carbons (Fsp3) is 0.933. The van der Waals surface area contributed by atoms with Crippen molar-refractivity contribution in [3.8, 4) is 0 Å². The predicted molar refractivity (Wildman–Crippen MR) is 76.6 cm³/mol. The molecule has 0 saturated heterocycles. The van der Waals surface area contributed by atoms with Crippen molar-refractivity contribution in [1.29, 1.82) is 0 Å². The quantitative estimate of drug-likeness (QED) is 0.741. The first kappa shape index (κ1) is 15.5. The molecule has 3 heteroatoms. The molecule has 0 bridgehead atoms. The van der Waals surface area contributed by atoms with Crippen molar-refractivity contribution < 1.29 is 4.79 Å². The van der Waals surface area contributed by atoms with Crippen molar-refractivity contribution in [2.45, 2.75) is 77.8 Å². The van der Waals surface area contributed by atoms with Crippen LogP contribution < -0.4 is 10.6 Å². The molecule has 18 heavy (non-hydrogen) atoms. The molecule has 3 nitrogen and oxygen atoms in total. The van der Waals surface area contributed by atoms with Crippen LogP contribution in [-0.4, -0.2) is 24.0 Å². The SMILES string of the molecule is CCC(C)(C)NC(=O)CNC1CCCC(C)CC1. The van der Waals surface area contributed by atoms with Gasteiger partial charge in [-0.25, -0.2) is 0 Å². The minimum absolute atomic E-state index is 0.0866. The predicted octanol–water partition coefficient (Wildman–Crippen LogP) is 2.85. The van der Waals surface area contributed by atoms with Crippen molar-refractivity contribution in [3.05, 3.63) is 0 Å². The first-order chi connectivity index (χ1) is 8.43. The Morgan fingerprint density at radius 3 is 2.61 bits per heavy atom. The number of nitrogens with one attached hydrogen (secondary N) is 2. The van der Waals surface area contributed by atoms with Crippen LogP contribution in [0.5, 0.6) is 0 Å². The molecule has 1 fully saturated rings. The van der Waals surface area contributed by atoms with Gasteiger partial charge in [0.05, 0.1) is 6.54 Å². The monoisotopic (exact) mass is 254 g/mol. The zero-order valence-corrected chi connectivity index (χ0v) is 12.5. The highest BCUT2D eigenvalue weighted by atomic mass is 16.2. The van der Waals surface area contributed by atoms with E-state index >= 15 is 0 Å². The van der Waals surface area contributed by atoms with Crippen LogP contribution in [0.15, 0.2) is 0 Å². The third-order valence-electron chi connectivity index (χ3n) is 4.17. The fourth-order valence-electron chi connectivity index (χ4n) is 2.44. The molecule has 1 aliphatic rings. The van der Waals surface area contributed by atoms with Gasteiger partial charge < -0.3 is 10.6 Å². The van der Waals surface area contributed by atoms with E-state index in [0.29, 0.717) is 12.6 Å². The molecule has 1 aliphatic carbocycles. The second-order valence-electron chi connectivity index (χ2n) is 6.48. The van der Waals surface area contributed by atoms with Crippen LogP contribution in [0.25, 0.3) is 0 Å². The Morgan fingerprint density at radius 2 is 1.94 bits per heavy atom. The summed E-state index contributed by atoms with van der Waals surface area (Å²) < 4.78 is 0. The van der Waals surface area contributed by atoms with Crippen molar-refractivity contribution in [1.82, 2.24) is 10.6 Å². The van der Waals surface area contributed by atoms with E-state index in [9.17, 15) is 4.79 Å². The van der Waals surface area contributed by atoms with E-state index in [-0.39, 0.29) is 11.4 Å². The van der Waals surface area contributed by atoms with E-state index in [1.165, 1.54) is 32.1 Å². The van der Waals surface area contributed by atoms with Crippen LogP contribution in [0.4, 0.5) is 0 Å². The molecule has 106 valence electrons. The molecule has 0 heterocycles. The molecule has 2 N–H and O–H groups in total. The summed E-state index contributed by atoms with van der Waals surface area (Å²) in [7, 11) is 0. The largest absolute Gasteiger partial charge is 0.350 e. The topological polar surface area (TPSA) is 41.1 Å². The van der Waals surface area contributed by atoms with Crippen LogP contribution in [-0.2, 0) is 4.79 Å². The third kappa shape index (κ3) is 5.85. The maximum Gasteiger partial charge on any atom is 0.234 e. The van der Waals surface area contributed by atoms with Gasteiger partial charge >= 0.3 is 0 Å². The highest BCUT2D eigenvalue weighted by molar-refractivity contribution is 5.78. The Kier molecular flexibility index (Phi) is 6.13. The normalized spacial score (nSPS) is 25.6. The van der Waals surface area contributed by atoms with Gasteiger partial charge in [0, 0.05) is 11.6 Å². The van der Waals surface area contributed by atoms with Crippen LogP contribution in [0.1, 0.15) is 66.2 Å². The summed E-state index contributed by atoms with van der Waals surface area (Å²) in [4.78, 5) is 11.8. The van der Waals surface area contributed by atoms with Crippen molar-refractivity contribution in [3.63, 3.8) is 0 Å². The summed E-state index contributed by atoms with van der Waals surface area (Å²) >= 11 is 0. The Labute approximate surface area is 112 Å². The molecule has 0 aromatic rings. The van der Waals surface area contributed by atoms with Crippen LogP contribution in [0.3, 0.4) is 0 Å². The number of amides is 1. The fourth-order valence-corrected chi connectivity index (χ4v) is 2.44. The molecule has 0 aliphatic heterocycles. The Morgan fingerprint density at radius 1 is 1.22 bits per heavy atom. The van der Waals surface area contributed by atoms with Gasteiger partial charge in [0.1, 0.15) is 0 Å². The molecular weight excluding hydrogens is 224 g/mol. The van der Waals surface area contributed by atoms with Crippen LogP contribution >= 0.6 is 0 Å². The molecule has 2 unspecified atom stereocenters. The van der Waals surface area contributed by atoms with E-state index in [1.54, 1.807) is 0 Å². The highest BCUT2D eigenvalue weighted by Crippen LogP contribution is 2.22. The standard InChI is InChI=1S/C15H30N2O/c1-5-15(3,4)17-14(18)11-16-13-8-6-7-12(2)9-10-13/h12-13,16H,5-11H2,1-4H3,(H,17,18). The summed E-state index contributed by atoms with van der Waals surface area (Å²) in [6, 6.07) is 0.533. The van der Waals surface area contributed by atoms with Crippen LogP contribution in [0.2, 0.25) is 0 Å². The first-order valence-electron chi connectivity index (χ1n) is 7.47. The minimum Gasteiger partial charge on any atom is -0.350 e. The molecule has 0 radical (unpaired) electrons. The van der Waals surface area contributed by atoms with Crippen LogP contribution in [0, 0.1) is 5.92 Å². The Hall–Kier alpha value is -0.570. The van der Waals surface area contributed by atoms with E-state index in [2.05, 4.69) is 38.3 Å². The van der Waals surface area contributed by atoms with Gasteiger partial charge in [-0.05, 0) is 45.4 Å². The summed E-state index contributed by atoms with van der Waals surface area (Å²) in [6.07, 6.45) is 7.31. The number of rotatable bonds is 5. The number of carbonyl (C=O) groups excluding carboxylic acids is 1. The van der Waals surface area contributed by atoms with E-state index in [0.717, 1.165) is 12.3 Å². The zero-order chi connectivity index (χ0) is 13.6. The Balaban J connectivity index is 2.25. The van der Waals surface area contributed by atoms with Gasteiger partial charge in [0.25, 0.3) is 0 Å². The summed E-state index contributed by atoms with van der Waals surface area (Å²) in [5.74, 6) is 0.976. The summed E-state index contributed by atoms with van der Waals surface area (Å²) in [6.45, 7) is 9.03. The molecule has 0 aromatic heterocycles. The maximum atomic E-state index is 11.8. The van der Waals surface area contributed by atoms with Gasteiger partial charge in [-0.3, -0.25) is 4.79 Å². The lowest BCUT2D eigenvalue weighted by Gasteiger charge is -2.25. The van der Waals surface area contributed by atoms with Gasteiger partial charge in [-0.2, -0.15) is 0 Å². The van der Waals surface area contributed by atoms with Gasteiger partial charge in [-0.1, -0.05) is 26.7 Å². The molecule has 1 rings (SSSR count). The van der Waals surface area contributed by atoms with E-state index in [1.807, 2.05) is 0 Å². The molecule has 0 aromatic carbocycles. The van der Waals surface area contributed by atoms with E-state index in [4.69, 9.17) is 0 Å². The van der Waals surface area contributed by atoms with Gasteiger partial charge in [-0.15, -0.1) is 0 Å². The molecule has 1 amide bonds. The van der Waals surface area contributed by atoms with E-state index < -0.39 is 0 Å². The minimum atomic E-state index is -0.0866. The lowest BCUT2D eigenvalue weighted by Crippen LogP contribution is -2.47. The molecule has 2 atom stereocenters.